The van der Waals surface area contributed by atoms with E-state index in [0.717, 1.165) is 36.6 Å². The molecule has 0 bridgehead atoms. The molecular formula is C13H16N4O2. The normalized spacial score (nSPS) is 15.4. The fraction of sp³-hybridized carbons (Fsp3) is 0.385. The minimum Gasteiger partial charge on any atom is -0.504 e. The summed E-state index contributed by atoms with van der Waals surface area (Å²) in [7, 11) is 0. The van der Waals surface area contributed by atoms with Gasteiger partial charge in [-0.2, -0.15) is 0 Å². The highest BCUT2D eigenvalue weighted by atomic mass is 16.3. The van der Waals surface area contributed by atoms with Crippen molar-refractivity contribution in [2.75, 3.05) is 0 Å². The summed E-state index contributed by atoms with van der Waals surface area (Å²) in [6.45, 7) is 0.923. The first-order valence-electron chi connectivity index (χ1n) is 6.33. The average molecular weight is 260 g/mol. The first kappa shape index (κ1) is 12.0. The van der Waals surface area contributed by atoms with E-state index in [1.165, 1.54) is 12.1 Å². The van der Waals surface area contributed by atoms with E-state index >= 15 is 0 Å². The largest absolute Gasteiger partial charge is 0.504 e. The van der Waals surface area contributed by atoms with Crippen molar-refractivity contribution in [3.05, 3.63) is 35.4 Å². The fourth-order valence-corrected chi connectivity index (χ4v) is 2.49. The number of aromatic nitrogens is 3. The van der Waals surface area contributed by atoms with Gasteiger partial charge in [0, 0.05) is 13.0 Å². The summed E-state index contributed by atoms with van der Waals surface area (Å²) >= 11 is 0. The van der Waals surface area contributed by atoms with Gasteiger partial charge in [0.2, 0.25) is 0 Å². The van der Waals surface area contributed by atoms with Gasteiger partial charge in [-0.1, -0.05) is 6.07 Å². The highest BCUT2D eigenvalue weighted by Crippen LogP contribution is 2.27. The molecule has 6 nitrogen and oxygen atoms in total. The van der Waals surface area contributed by atoms with Crippen LogP contribution >= 0.6 is 0 Å². The van der Waals surface area contributed by atoms with Gasteiger partial charge in [0.05, 0.1) is 6.04 Å². The second-order valence-electron chi connectivity index (χ2n) is 4.86. The Bertz CT molecular complexity index is 609. The number of aryl methyl sites for hydroxylation is 1. The molecule has 1 aliphatic heterocycles. The lowest BCUT2D eigenvalue weighted by Gasteiger charge is -2.12. The lowest BCUT2D eigenvalue weighted by atomic mass is 10.1. The lowest BCUT2D eigenvalue weighted by Crippen LogP contribution is -2.18. The molecule has 1 aliphatic rings. The van der Waals surface area contributed by atoms with Crippen molar-refractivity contribution >= 4 is 0 Å². The number of hydrogen-bond acceptors (Lipinski definition) is 5. The van der Waals surface area contributed by atoms with E-state index in [1.807, 2.05) is 0 Å². The molecule has 1 aromatic heterocycles. The minimum absolute atomic E-state index is 0.124. The molecule has 0 aliphatic carbocycles. The second-order valence-corrected chi connectivity index (χ2v) is 4.86. The third kappa shape index (κ3) is 2.15. The Labute approximate surface area is 110 Å². The standard InChI is InChI=1S/C13H16N4O2/c14-9(6-8-3-4-10(18)11(19)7-8)13-16-15-12-2-1-5-17(12)13/h3-4,7,9,18-19H,1-2,5-6,14H2. The summed E-state index contributed by atoms with van der Waals surface area (Å²) in [6, 6.07) is 4.47. The Morgan fingerprint density at radius 1 is 1.26 bits per heavy atom. The van der Waals surface area contributed by atoms with Gasteiger partial charge < -0.3 is 20.5 Å². The summed E-state index contributed by atoms with van der Waals surface area (Å²) in [5.41, 5.74) is 7.02. The molecule has 1 aromatic carbocycles. The molecule has 0 saturated heterocycles. The van der Waals surface area contributed by atoms with Crippen LogP contribution in [0.5, 0.6) is 11.5 Å². The van der Waals surface area contributed by atoms with Crippen LogP contribution in [0, 0.1) is 0 Å². The van der Waals surface area contributed by atoms with Crippen molar-refractivity contribution in [3.63, 3.8) is 0 Å². The van der Waals surface area contributed by atoms with Crippen molar-refractivity contribution in [3.8, 4) is 11.5 Å². The summed E-state index contributed by atoms with van der Waals surface area (Å²) in [6.07, 6.45) is 2.59. The Balaban J connectivity index is 1.80. The average Bonchev–Trinajstić information content (AvgIpc) is 2.95. The van der Waals surface area contributed by atoms with Crippen molar-refractivity contribution in [1.29, 1.82) is 0 Å². The van der Waals surface area contributed by atoms with Gasteiger partial charge in [-0.3, -0.25) is 0 Å². The number of phenolic OH excluding ortho intramolecular Hbond substituents is 2. The number of aromatic hydroxyl groups is 2. The van der Waals surface area contributed by atoms with E-state index in [9.17, 15) is 10.2 Å². The smallest absolute Gasteiger partial charge is 0.157 e. The third-order valence-corrected chi connectivity index (χ3v) is 3.47. The zero-order chi connectivity index (χ0) is 13.4. The molecule has 2 heterocycles. The highest BCUT2D eigenvalue weighted by molar-refractivity contribution is 5.40. The summed E-state index contributed by atoms with van der Waals surface area (Å²) in [4.78, 5) is 0. The molecule has 19 heavy (non-hydrogen) atoms. The van der Waals surface area contributed by atoms with Crippen LogP contribution in [-0.2, 0) is 19.4 Å². The van der Waals surface area contributed by atoms with Crippen molar-refractivity contribution < 1.29 is 10.2 Å². The van der Waals surface area contributed by atoms with E-state index in [-0.39, 0.29) is 17.5 Å². The van der Waals surface area contributed by atoms with E-state index in [1.54, 1.807) is 6.07 Å². The molecule has 1 atom stereocenters. The topological polar surface area (TPSA) is 97.2 Å². The zero-order valence-corrected chi connectivity index (χ0v) is 10.5. The Morgan fingerprint density at radius 3 is 2.89 bits per heavy atom. The molecule has 0 saturated carbocycles. The molecule has 3 rings (SSSR count). The van der Waals surface area contributed by atoms with Crippen LogP contribution in [0.3, 0.4) is 0 Å². The summed E-state index contributed by atoms with van der Waals surface area (Å²) in [5.74, 6) is 1.54. The van der Waals surface area contributed by atoms with Crippen LogP contribution < -0.4 is 5.73 Å². The van der Waals surface area contributed by atoms with Crippen LogP contribution in [0.4, 0.5) is 0 Å². The molecule has 0 spiro atoms. The minimum atomic E-state index is -0.261. The number of nitrogens with two attached hydrogens (primary N) is 1. The van der Waals surface area contributed by atoms with Crippen LogP contribution in [-0.4, -0.2) is 25.0 Å². The first-order valence-corrected chi connectivity index (χ1v) is 6.33. The number of benzene rings is 1. The maximum absolute atomic E-state index is 9.47. The third-order valence-electron chi connectivity index (χ3n) is 3.47. The van der Waals surface area contributed by atoms with Crippen LogP contribution in [0.25, 0.3) is 0 Å². The summed E-state index contributed by atoms with van der Waals surface area (Å²) < 4.78 is 2.07. The molecule has 0 fully saturated rings. The number of nitrogens with zero attached hydrogens (tertiary/aromatic N) is 3. The van der Waals surface area contributed by atoms with Crippen molar-refractivity contribution in [2.24, 2.45) is 5.73 Å². The van der Waals surface area contributed by atoms with Gasteiger partial charge in [-0.05, 0) is 30.5 Å². The van der Waals surface area contributed by atoms with E-state index in [0.29, 0.717) is 6.42 Å². The predicted molar refractivity (Wildman–Crippen MR) is 68.7 cm³/mol. The zero-order valence-electron chi connectivity index (χ0n) is 10.5. The Hall–Kier alpha value is -2.08. The van der Waals surface area contributed by atoms with E-state index in [2.05, 4.69) is 14.8 Å². The van der Waals surface area contributed by atoms with Crippen LogP contribution in [0.15, 0.2) is 18.2 Å². The Kier molecular flexibility index (Phi) is 2.87. The summed E-state index contributed by atoms with van der Waals surface area (Å²) in [5, 5.41) is 27.0. The molecule has 6 heteroatoms. The molecule has 0 amide bonds. The molecule has 100 valence electrons. The van der Waals surface area contributed by atoms with E-state index in [4.69, 9.17) is 5.73 Å². The number of hydrogen-bond donors (Lipinski definition) is 3. The van der Waals surface area contributed by atoms with Crippen molar-refractivity contribution in [1.82, 2.24) is 14.8 Å². The molecular weight excluding hydrogens is 244 g/mol. The molecule has 1 unspecified atom stereocenters. The fourth-order valence-electron chi connectivity index (χ4n) is 2.49. The SMILES string of the molecule is NC(Cc1ccc(O)c(O)c1)c1nnc2n1CCC2. The van der Waals surface area contributed by atoms with Gasteiger partial charge in [0.1, 0.15) is 11.6 Å². The van der Waals surface area contributed by atoms with Gasteiger partial charge in [0.25, 0.3) is 0 Å². The lowest BCUT2D eigenvalue weighted by molar-refractivity contribution is 0.403. The molecule has 2 aromatic rings. The van der Waals surface area contributed by atoms with Gasteiger partial charge in [-0.25, -0.2) is 0 Å². The van der Waals surface area contributed by atoms with Crippen LogP contribution in [0.2, 0.25) is 0 Å². The molecule has 0 radical (unpaired) electrons. The quantitative estimate of drug-likeness (QED) is 0.712. The Morgan fingerprint density at radius 2 is 2.11 bits per heavy atom. The predicted octanol–water partition coefficient (Wildman–Crippen LogP) is 0.878. The number of phenols is 2. The maximum atomic E-state index is 9.47. The number of fused-ring (bicyclic) bond motifs is 1. The second kappa shape index (κ2) is 4.55. The van der Waals surface area contributed by atoms with Gasteiger partial charge in [-0.15, -0.1) is 10.2 Å². The monoisotopic (exact) mass is 260 g/mol. The highest BCUT2D eigenvalue weighted by Gasteiger charge is 2.21. The van der Waals surface area contributed by atoms with Gasteiger partial charge >= 0.3 is 0 Å². The molecule has 4 N–H and O–H groups in total. The van der Waals surface area contributed by atoms with Gasteiger partial charge in [0.15, 0.2) is 11.5 Å². The van der Waals surface area contributed by atoms with Crippen molar-refractivity contribution in [2.45, 2.75) is 31.8 Å². The first-order chi connectivity index (χ1) is 9.15. The maximum Gasteiger partial charge on any atom is 0.157 e. The van der Waals surface area contributed by atoms with Crippen LogP contribution in [0.1, 0.15) is 29.7 Å². The number of rotatable bonds is 3. The van der Waals surface area contributed by atoms with E-state index < -0.39 is 0 Å².